The molecule has 0 spiro atoms. The van der Waals surface area contributed by atoms with Gasteiger partial charge in [0.2, 0.25) is 5.95 Å². The molecule has 1 saturated heterocycles. The Morgan fingerprint density at radius 2 is 1.92 bits per heavy atom. The Morgan fingerprint density at radius 3 is 2.68 bits per heavy atom. The van der Waals surface area contributed by atoms with E-state index in [-0.39, 0.29) is 5.41 Å². The van der Waals surface area contributed by atoms with Crippen LogP contribution >= 0.6 is 11.6 Å². The van der Waals surface area contributed by atoms with Crippen molar-refractivity contribution in [2.45, 2.75) is 45.1 Å². The lowest BCUT2D eigenvalue weighted by molar-refractivity contribution is 0.112. The van der Waals surface area contributed by atoms with Crippen molar-refractivity contribution in [3.63, 3.8) is 0 Å². The van der Waals surface area contributed by atoms with E-state index in [1.807, 2.05) is 18.3 Å². The number of halogens is 1. The van der Waals surface area contributed by atoms with Gasteiger partial charge in [0.25, 0.3) is 0 Å². The fourth-order valence-corrected chi connectivity index (χ4v) is 6.31. The fraction of sp³-hybridized carbons (Fsp3) is 0.400. The van der Waals surface area contributed by atoms with Crippen molar-refractivity contribution in [2.75, 3.05) is 37.4 Å². The first-order valence-corrected chi connectivity index (χ1v) is 13.6. The number of aromatic amines is 1. The van der Waals surface area contributed by atoms with E-state index in [9.17, 15) is 0 Å². The molecule has 0 bridgehead atoms. The maximum atomic E-state index is 6.57. The quantitative estimate of drug-likeness (QED) is 0.288. The zero-order valence-corrected chi connectivity index (χ0v) is 22.8. The molecule has 0 amide bonds. The van der Waals surface area contributed by atoms with E-state index in [2.05, 4.69) is 83.4 Å². The molecular weight excluding hydrogens is 480 g/mol. The standard InChI is InChI=1S/C30H35ClN6/c1-30(2)18-37(14-13-27(30)36(3)4)20-11-12-26(22(15-20)19-9-10-19)34-29-33-17-24(31)28(35-29)23-16-32-25-8-6-5-7-21(23)25/h5-8,11-12,15-17,19,27,32H,9-10,13-14,18H2,1-4H3,(H,33,34,35). The number of para-hydroxylation sites is 1. The van der Waals surface area contributed by atoms with Gasteiger partial charge in [-0.1, -0.05) is 43.6 Å². The van der Waals surface area contributed by atoms with Crippen molar-refractivity contribution < 1.29 is 0 Å². The highest BCUT2D eigenvalue weighted by molar-refractivity contribution is 6.33. The van der Waals surface area contributed by atoms with Crippen LogP contribution in [0.25, 0.3) is 22.2 Å². The third-order valence-electron chi connectivity index (χ3n) is 8.05. The van der Waals surface area contributed by atoms with Gasteiger partial charge < -0.3 is 20.1 Å². The SMILES string of the molecule is CN(C)C1CCN(c2ccc(Nc3ncc(Cl)c(-c4c[nH]c5ccccc45)n3)c(C3CC3)c2)CC1(C)C. The van der Waals surface area contributed by atoms with Crippen LogP contribution in [0.3, 0.4) is 0 Å². The molecule has 37 heavy (non-hydrogen) atoms. The zero-order chi connectivity index (χ0) is 25.7. The summed E-state index contributed by atoms with van der Waals surface area (Å²) >= 11 is 6.57. The van der Waals surface area contributed by atoms with Gasteiger partial charge in [-0.2, -0.15) is 0 Å². The minimum Gasteiger partial charge on any atom is -0.371 e. The number of aromatic nitrogens is 3. The molecule has 3 heterocycles. The van der Waals surface area contributed by atoms with Crippen molar-refractivity contribution >= 4 is 39.8 Å². The van der Waals surface area contributed by atoms with Crippen LogP contribution in [0.5, 0.6) is 0 Å². The Bertz CT molecular complexity index is 1440. The highest BCUT2D eigenvalue weighted by atomic mass is 35.5. The largest absolute Gasteiger partial charge is 0.371 e. The van der Waals surface area contributed by atoms with Gasteiger partial charge in [-0.15, -0.1) is 0 Å². The lowest BCUT2D eigenvalue weighted by Gasteiger charge is -2.48. The molecule has 7 heteroatoms. The molecule has 1 atom stereocenters. The van der Waals surface area contributed by atoms with Gasteiger partial charge in [0, 0.05) is 53.2 Å². The molecule has 6 rings (SSSR count). The molecule has 2 aromatic heterocycles. The first-order valence-electron chi connectivity index (χ1n) is 13.2. The molecule has 1 saturated carbocycles. The summed E-state index contributed by atoms with van der Waals surface area (Å²) in [7, 11) is 4.41. The maximum absolute atomic E-state index is 6.57. The topological polar surface area (TPSA) is 60.1 Å². The van der Waals surface area contributed by atoms with E-state index in [0.29, 0.717) is 22.9 Å². The molecule has 0 radical (unpaired) electrons. The van der Waals surface area contributed by atoms with Crippen LogP contribution in [0, 0.1) is 5.41 Å². The number of benzene rings is 2. The molecule has 1 unspecified atom stereocenters. The average Bonchev–Trinajstić information content (AvgIpc) is 3.63. The minimum absolute atomic E-state index is 0.231. The number of hydrogen-bond acceptors (Lipinski definition) is 5. The zero-order valence-electron chi connectivity index (χ0n) is 22.1. The van der Waals surface area contributed by atoms with Crippen LogP contribution in [-0.4, -0.2) is 53.1 Å². The number of anilines is 3. The molecule has 2 aromatic carbocycles. The Kier molecular flexibility index (Phi) is 6.12. The summed E-state index contributed by atoms with van der Waals surface area (Å²) in [5.74, 6) is 1.16. The minimum atomic E-state index is 0.231. The summed E-state index contributed by atoms with van der Waals surface area (Å²) in [6.45, 7) is 6.92. The third kappa shape index (κ3) is 4.69. The molecule has 2 N–H and O–H groups in total. The predicted molar refractivity (Wildman–Crippen MR) is 154 cm³/mol. The van der Waals surface area contributed by atoms with E-state index in [1.54, 1.807) is 6.20 Å². The van der Waals surface area contributed by atoms with Crippen molar-refractivity contribution in [2.24, 2.45) is 5.41 Å². The number of nitrogens with one attached hydrogen (secondary N) is 2. The highest BCUT2D eigenvalue weighted by Crippen LogP contribution is 2.46. The summed E-state index contributed by atoms with van der Waals surface area (Å²) in [6, 6.07) is 15.6. The maximum Gasteiger partial charge on any atom is 0.227 e. The smallest absolute Gasteiger partial charge is 0.227 e. The lowest BCUT2D eigenvalue weighted by atomic mass is 9.78. The molecule has 1 aliphatic carbocycles. The van der Waals surface area contributed by atoms with Crippen LogP contribution in [0.1, 0.15) is 44.6 Å². The molecule has 4 aromatic rings. The number of rotatable bonds is 6. The number of H-pyrrole nitrogens is 1. The Labute approximate surface area is 224 Å². The van der Waals surface area contributed by atoms with Crippen molar-refractivity contribution in [1.82, 2.24) is 19.9 Å². The summed E-state index contributed by atoms with van der Waals surface area (Å²) in [5.41, 5.74) is 6.76. The summed E-state index contributed by atoms with van der Waals surface area (Å²) < 4.78 is 0. The fourth-order valence-electron chi connectivity index (χ4n) is 6.12. The summed E-state index contributed by atoms with van der Waals surface area (Å²) in [4.78, 5) is 17.6. The van der Waals surface area contributed by atoms with Gasteiger partial charge in [0.1, 0.15) is 0 Å². The average molecular weight is 515 g/mol. The highest BCUT2D eigenvalue weighted by Gasteiger charge is 2.37. The molecule has 1 aliphatic heterocycles. The van der Waals surface area contributed by atoms with Gasteiger partial charge >= 0.3 is 0 Å². The first kappa shape index (κ1) is 24.3. The van der Waals surface area contributed by atoms with Gasteiger partial charge in [0.15, 0.2) is 0 Å². The van der Waals surface area contributed by atoms with Gasteiger partial charge in [-0.05, 0) is 74.5 Å². The Balaban J connectivity index is 1.29. The molecule has 2 fully saturated rings. The monoisotopic (exact) mass is 514 g/mol. The number of nitrogens with zero attached hydrogens (tertiary/aromatic N) is 4. The molecular formula is C30H35ClN6. The first-order chi connectivity index (χ1) is 17.8. The van der Waals surface area contributed by atoms with E-state index in [4.69, 9.17) is 16.6 Å². The number of fused-ring (bicyclic) bond motifs is 1. The second kappa shape index (κ2) is 9.34. The molecule has 6 nitrogen and oxygen atoms in total. The van der Waals surface area contributed by atoms with Crippen molar-refractivity contribution in [1.29, 1.82) is 0 Å². The third-order valence-corrected chi connectivity index (χ3v) is 8.33. The van der Waals surface area contributed by atoms with E-state index in [0.717, 1.165) is 40.9 Å². The van der Waals surface area contributed by atoms with Gasteiger partial charge in [-0.25, -0.2) is 9.97 Å². The molecule has 192 valence electrons. The Morgan fingerprint density at radius 1 is 1.11 bits per heavy atom. The van der Waals surface area contributed by atoms with Crippen LogP contribution in [0.15, 0.2) is 54.9 Å². The lowest BCUT2D eigenvalue weighted by Crippen LogP contribution is -2.54. The van der Waals surface area contributed by atoms with Crippen molar-refractivity contribution in [3.8, 4) is 11.3 Å². The Hall–Kier alpha value is -3.09. The summed E-state index contributed by atoms with van der Waals surface area (Å²) in [5, 5.41) is 5.16. The van der Waals surface area contributed by atoms with Crippen LogP contribution in [0.4, 0.5) is 17.3 Å². The predicted octanol–water partition coefficient (Wildman–Crippen LogP) is 7.07. The van der Waals surface area contributed by atoms with Crippen LogP contribution < -0.4 is 10.2 Å². The van der Waals surface area contributed by atoms with E-state index >= 15 is 0 Å². The van der Waals surface area contributed by atoms with E-state index in [1.165, 1.54) is 30.5 Å². The van der Waals surface area contributed by atoms with Crippen LogP contribution in [-0.2, 0) is 0 Å². The second-order valence-corrected chi connectivity index (χ2v) is 11.9. The van der Waals surface area contributed by atoms with Gasteiger partial charge in [0.05, 0.1) is 16.9 Å². The number of hydrogen-bond donors (Lipinski definition) is 2. The van der Waals surface area contributed by atoms with Gasteiger partial charge in [-0.3, -0.25) is 0 Å². The van der Waals surface area contributed by atoms with Crippen molar-refractivity contribution in [3.05, 3.63) is 65.4 Å². The van der Waals surface area contributed by atoms with Crippen LogP contribution in [0.2, 0.25) is 5.02 Å². The summed E-state index contributed by atoms with van der Waals surface area (Å²) in [6.07, 6.45) is 7.29. The van der Waals surface area contributed by atoms with E-state index < -0.39 is 0 Å². The second-order valence-electron chi connectivity index (χ2n) is 11.5. The molecule has 2 aliphatic rings. The number of piperidine rings is 1. The normalized spacial score (nSPS) is 19.5.